The zero-order valence-electron chi connectivity index (χ0n) is 47.6. The summed E-state index contributed by atoms with van der Waals surface area (Å²) in [5.41, 5.74) is 5.95. The third kappa shape index (κ3) is 12.1. The Morgan fingerprint density at radius 2 is 1.66 bits per heavy atom. The van der Waals surface area contributed by atoms with Crippen LogP contribution in [0.3, 0.4) is 0 Å². The van der Waals surface area contributed by atoms with E-state index in [0.717, 1.165) is 78.9 Å². The minimum absolute atomic E-state index is 0.0660. The molecule has 0 radical (unpaired) electrons. The lowest BCUT2D eigenvalue weighted by Crippen LogP contribution is -2.63. The van der Waals surface area contributed by atoms with Crippen molar-refractivity contribution < 1.29 is 27.1 Å². The number of aryl methyl sites for hydroxylation is 1. The Hall–Kier alpha value is -6.72. The van der Waals surface area contributed by atoms with Crippen LogP contribution in [0.2, 0.25) is 0 Å². The van der Waals surface area contributed by atoms with Gasteiger partial charge in [-0.25, -0.2) is 32.7 Å². The first-order valence-electron chi connectivity index (χ1n) is 27.9. The van der Waals surface area contributed by atoms with Crippen molar-refractivity contribution in [2.45, 2.75) is 115 Å². The van der Waals surface area contributed by atoms with Crippen LogP contribution < -0.4 is 25.2 Å². The molecule has 3 saturated heterocycles. The highest BCUT2D eigenvalue weighted by molar-refractivity contribution is 7.92. The van der Waals surface area contributed by atoms with E-state index in [0.29, 0.717) is 86.8 Å². The standard InChI is InChI=1S/C58H76FN15O5S/c1-37-32-73(35-53(75)74-49-24-42(23-41-11-13-43(59)14-12-41)28-61-47(49)27-58(74,8)9)44(29-60-37)34-71-20-21-72(33-38(71)2)52-31-62-48(30-63-52)56(76)70-18-16-69(17-19-70)15-10-22-79-50-26-46-45(25-51(50)80(77,78)57(5,6)7)55(65-36-64-46)66-54-39(3)40(4)67-68-54/h11-14,24-26,28,30-31,36-38,44,60H,10,15-23,27,29,32-35H2,1-9H3,(H2,64,65,66,67,68)/t37-,38?,44-/m1/s1. The fourth-order valence-electron chi connectivity index (χ4n) is 11.4. The molecule has 4 aromatic heterocycles. The van der Waals surface area contributed by atoms with E-state index in [-0.39, 0.29) is 53.0 Å². The number of nitrogens with zero attached hydrogens (tertiary/aromatic N) is 12. The van der Waals surface area contributed by atoms with E-state index in [2.05, 4.69) is 89.1 Å². The molecule has 3 atom stereocenters. The van der Waals surface area contributed by atoms with Crippen LogP contribution >= 0.6 is 0 Å². The molecule has 20 nitrogen and oxygen atoms in total. The smallest absolute Gasteiger partial charge is 0.274 e. The normalized spacial score (nSPS) is 20.3. The Kier molecular flexibility index (Phi) is 16.3. The monoisotopic (exact) mass is 1110 g/mol. The van der Waals surface area contributed by atoms with Crippen LogP contribution in [0.25, 0.3) is 10.9 Å². The van der Waals surface area contributed by atoms with Gasteiger partial charge in [-0.05, 0) is 111 Å². The lowest BCUT2D eigenvalue weighted by Gasteiger charge is -2.46. The third-order valence-corrected chi connectivity index (χ3v) is 18.8. The summed E-state index contributed by atoms with van der Waals surface area (Å²) in [5.74, 6) is 1.75. The zero-order valence-corrected chi connectivity index (χ0v) is 48.4. The number of aromatic nitrogens is 7. The summed E-state index contributed by atoms with van der Waals surface area (Å²) in [4.78, 5) is 64.5. The van der Waals surface area contributed by atoms with E-state index in [1.54, 1.807) is 57.4 Å². The maximum atomic E-state index is 14.5. The van der Waals surface area contributed by atoms with Crippen molar-refractivity contribution in [3.05, 3.63) is 107 Å². The average molecular weight is 1110 g/mol. The first kappa shape index (κ1) is 56.6. The minimum atomic E-state index is -3.84. The van der Waals surface area contributed by atoms with Crippen molar-refractivity contribution in [1.82, 2.24) is 60.0 Å². The molecule has 22 heteroatoms. The second kappa shape index (κ2) is 23.0. The van der Waals surface area contributed by atoms with Crippen molar-refractivity contribution in [2.75, 3.05) is 100 Å². The van der Waals surface area contributed by atoms with Crippen molar-refractivity contribution >= 4 is 55.7 Å². The molecule has 10 rings (SSSR count). The van der Waals surface area contributed by atoms with Crippen molar-refractivity contribution in [3.63, 3.8) is 0 Å². The maximum absolute atomic E-state index is 14.5. The van der Waals surface area contributed by atoms with Gasteiger partial charge in [-0.1, -0.05) is 12.1 Å². The van der Waals surface area contributed by atoms with Gasteiger partial charge in [0, 0.05) is 125 Å². The van der Waals surface area contributed by atoms with Gasteiger partial charge in [-0.15, -0.1) is 0 Å². The number of benzene rings is 2. The average Bonchev–Trinajstić information content (AvgIpc) is 3.92. The third-order valence-electron chi connectivity index (χ3n) is 16.3. The number of H-pyrrole nitrogens is 1. The number of anilines is 4. The number of hydrogen-bond donors (Lipinski definition) is 3. The number of rotatable bonds is 16. The van der Waals surface area contributed by atoms with Gasteiger partial charge in [-0.2, -0.15) is 5.10 Å². The van der Waals surface area contributed by atoms with Crippen LogP contribution in [0.1, 0.15) is 93.5 Å². The molecule has 3 fully saturated rings. The molecule has 0 saturated carbocycles. The van der Waals surface area contributed by atoms with Gasteiger partial charge in [-0.3, -0.25) is 34.4 Å². The number of halogens is 1. The second-order valence-electron chi connectivity index (χ2n) is 23.7. The predicted octanol–water partition coefficient (Wildman–Crippen LogP) is 5.97. The topological polar surface area (TPSA) is 214 Å². The summed E-state index contributed by atoms with van der Waals surface area (Å²) in [5, 5.41) is 14.7. The number of pyridine rings is 1. The van der Waals surface area contributed by atoms with Crippen LogP contribution in [0, 0.1) is 19.7 Å². The van der Waals surface area contributed by atoms with Crippen LogP contribution in [0.15, 0.2) is 72.3 Å². The number of carbonyl (C=O) groups is 2. The summed E-state index contributed by atoms with van der Waals surface area (Å²) in [6.45, 7) is 25.9. The number of hydrogen-bond acceptors (Lipinski definition) is 17. The van der Waals surface area contributed by atoms with E-state index in [1.165, 1.54) is 18.5 Å². The first-order valence-corrected chi connectivity index (χ1v) is 29.4. The lowest BCUT2D eigenvalue weighted by atomic mass is 10.0. The predicted molar refractivity (Wildman–Crippen MR) is 307 cm³/mol. The Morgan fingerprint density at radius 1 is 0.887 bits per heavy atom. The van der Waals surface area contributed by atoms with Gasteiger partial charge in [0.1, 0.15) is 45.9 Å². The van der Waals surface area contributed by atoms with Gasteiger partial charge < -0.3 is 30.1 Å². The SMILES string of the molecule is Cc1n[nH]c(Nc2ncnc3cc(OCCCN4CCN(C(=O)c5cnc(N6CCN(C[C@H]7CN[C@H](C)CN7CC(=O)N7c8cc(Cc9ccc(F)cc9)cnc8CC7(C)C)C(C)C6)cn5)CC4)c(S(=O)(=O)C(C)(C)C)cc23)c1C. The van der Waals surface area contributed by atoms with Crippen LogP contribution in [0.5, 0.6) is 5.75 Å². The van der Waals surface area contributed by atoms with Gasteiger partial charge in [0.2, 0.25) is 5.91 Å². The van der Waals surface area contributed by atoms with Crippen molar-refractivity contribution in [1.29, 1.82) is 0 Å². The molecule has 6 aromatic rings. The van der Waals surface area contributed by atoms with E-state index >= 15 is 0 Å². The summed E-state index contributed by atoms with van der Waals surface area (Å²) >= 11 is 0. The van der Waals surface area contributed by atoms with E-state index in [9.17, 15) is 22.4 Å². The number of ether oxygens (including phenoxy) is 1. The maximum Gasteiger partial charge on any atom is 0.274 e. The molecular weight excluding hydrogens is 1040 g/mol. The molecule has 80 heavy (non-hydrogen) atoms. The Bertz CT molecular complexity index is 3330. The van der Waals surface area contributed by atoms with Gasteiger partial charge in [0.25, 0.3) is 5.91 Å². The molecule has 8 heterocycles. The molecule has 426 valence electrons. The van der Waals surface area contributed by atoms with Gasteiger partial charge >= 0.3 is 0 Å². The second-order valence-corrected chi connectivity index (χ2v) is 26.4. The van der Waals surface area contributed by atoms with Crippen molar-refractivity contribution in [2.24, 2.45) is 0 Å². The van der Waals surface area contributed by atoms with Gasteiger partial charge in [0.05, 0.1) is 52.9 Å². The summed E-state index contributed by atoms with van der Waals surface area (Å²) in [6, 6.07) is 12.5. The molecule has 2 amide bonds. The number of piperazine rings is 3. The summed E-state index contributed by atoms with van der Waals surface area (Å²) in [7, 11) is -3.84. The lowest BCUT2D eigenvalue weighted by molar-refractivity contribution is -0.121. The Morgan fingerprint density at radius 3 is 2.36 bits per heavy atom. The number of fused-ring (bicyclic) bond motifs is 2. The van der Waals surface area contributed by atoms with E-state index in [1.807, 2.05) is 29.8 Å². The number of nitrogens with one attached hydrogen (secondary N) is 3. The highest BCUT2D eigenvalue weighted by atomic mass is 32.2. The summed E-state index contributed by atoms with van der Waals surface area (Å²) in [6.07, 6.45) is 8.54. The molecule has 0 bridgehead atoms. The molecule has 1 unspecified atom stereocenters. The molecule has 0 aliphatic carbocycles. The van der Waals surface area contributed by atoms with E-state index in [4.69, 9.17) is 14.7 Å². The molecule has 0 spiro atoms. The summed E-state index contributed by atoms with van der Waals surface area (Å²) < 4.78 is 46.8. The fraction of sp³-hybridized carbons (Fsp3) is 0.517. The minimum Gasteiger partial charge on any atom is -0.492 e. The molecule has 3 N–H and O–H groups in total. The van der Waals surface area contributed by atoms with E-state index < -0.39 is 20.1 Å². The first-order chi connectivity index (χ1) is 38.1. The quantitative estimate of drug-likeness (QED) is 0.0953. The van der Waals surface area contributed by atoms with Crippen LogP contribution in [0.4, 0.5) is 27.5 Å². The van der Waals surface area contributed by atoms with Crippen LogP contribution in [-0.2, 0) is 27.5 Å². The molecular formula is C58H76FN15O5S. The highest BCUT2D eigenvalue weighted by Gasteiger charge is 2.43. The molecule has 4 aliphatic heterocycles. The Labute approximate surface area is 468 Å². The van der Waals surface area contributed by atoms with Gasteiger partial charge in [0.15, 0.2) is 9.84 Å². The number of carbonyl (C=O) groups excluding carboxylic acids is 2. The number of amides is 2. The van der Waals surface area contributed by atoms with Crippen LogP contribution in [-0.4, -0.2) is 189 Å². The molecule has 2 aromatic carbocycles. The zero-order chi connectivity index (χ0) is 56.7. The Balaban J connectivity index is 0.694. The van der Waals surface area contributed by atoms with Crippen molar-refractivity contribution in [3.8, 4) is 5.75 Å². The number of aromatic amines is 1. The number of sulfone groups is 1. The molecule has 4 aliphatic rings. The fourth-order valence-corrected chi connectivity index (χ4v) is 12.7. The highest BCUT2D eigenvalue weighted by Crippen LogP contribution is 2.40. The largest absolute Gasteiger partial charge is 0.492 e.